The second kappa shape index (κ2) is 6.03. The summed E-state index contributed by atoms with van der Waals surface area (Å²) in [6, 6.07) is 5.37. The highest BCUT2D eigenvalue weighted by atomic mass is 32.2. The molecule has 2 N–H and O–H groups in total. The molecule has 0 aliphatic rings. The topological polar surface area (TPSA) is 66.4 Å². The predicted molar refractivity (Wildman–Crippen MR) is 76.6 cm³/mol. The van der Waals surface area contributed by atoms with Crippen LogP contribution in [0.4, 0.5) is 0 Å². The van der Waals surface area contributed by atoms with Crippen molar-refractivity contribution >= 4 is 10.0 Å². The molecule has 0 aliphatic heterocycles. The minimum absolute atomic E-state index is 0.0420. The zero-order valence-electron chi connectivity index (χ0n) is 12.0. The van der Waals surface area contributed by atoms with Crippen LogP contribution >= 0.6 is 0 Å². The van der Waals surface area contributed by atoms with Crippen molar-refractivity contribution in [3.05, 3.63) is 29.3 Å². The minimum Gasteiger partial charge on any atom is -0.396 e. The van der Waals surface area contributed by atoms with Crippen molar-refractivity contribution in [2.75, 3.05) is 6.61 Å². The molecule has 5 heteroatoms. The molecule has 4 nitrogen and oxygen atoms in total. The van der Waals surface area contributed by atoms with Gasteiger partial charge in [0, 0.05) is 12.1 Å². The Morgan fingerprint density at radius 1 is 1.32 bits per heavy atom. The molecule has 0 aromatic heterocycles. The molecule has 0 spiro atoms. The van der Waals surface area contributed by atoms with Crippen LogP contribution in [0.2, 0.25) is 0 Å². The van der Waals surface area contributed by atoms with Crippen LogP contribution < -0.4 is 4.72 Å². The second-order valence-corrected chi connectivity index (χ2v) is 6.91. The molecule has 0 radical (unpaired) electrons. The summed E-state index contributed by atoms with van der Waals surface area (Å²) in [5.74, 6) is 0. The number of aliphatic hydroxyl groups is 1. The third-order valence-electron chi connectivity index (χ3n) is 3.46. The normalized spacial score (nSPS) is 15.2. The molecule has 1 unspecified atom stereocenters. The van der Waals surface area contributed by atoms with Gasteiger partial charge in [0.15, 0.2) is 0 Å². The van der Waals surface area contributed by atoms with Crippen LogP contribution in [0, 0.1) is 13.8 Å². The van der Waals surface area contributed by atoms with Gasteiger partial charge in [0.05, 0.1) is 4.90 Å². The number of hydrogen-bond donors (Lipinski definition) is 2. The Labute approximate surface area is 115 Å². The van der Waals surface area contributed by atoms with Gasteiger partial charge in [-0.2, -0.15) is 0 Å². The highest BCUT2D eigenvalue weighted by molar-refractivity contribution is 7.89. The van der Waals surface area contributed by atoms with E-state index in [1.165, 1.54) is 0 Å². The van der Waals surface area contributed by atoms with Crippen molar-refractivity contribution in [1.29, 1.82) is 0 Å². The summed E-state index contributed by atoms with van der Waals surface area (Å²) in [6.45, 7) is 7.32. The smallest absolute Gasteiger partial charge is 0.241 e. The van der Waals surface area contributed by atoms with Gasteiger partial charge in [-0.05, 0) is 50.8 Å². The first-order valence-electron chi connectivity index (χ1n) is 6.46. The quantitative estimate of drug-likeness (QED) is 0.841. The van der Waals surface area contributed by atoms with Crippen molar-refractivity contribution in [3.8, 4) is 0 Å². The zero-order valence-corrected chi connectivity index (χ0v) is 12.8. The van der Waals surface area contributed by atoms with Gasteiger partial charge in [-0.1, -0.05) is 19.1 Å². The van der Waals surface area contributed by atoms with E-state index in [4.69, 9.17) is 5.11 Å². The molecule has 108 valence electrons. The lowest BCUT2D eigenvalue weighted by molar-refractivity contribution is 0.233. The monoisotopic (exact) mass is 285 g/mol. The Morgan fingerprint density at radius 3 is 2.47 bits per heavy atom. The molecule has 1 atom stereocenters. The van der Waals surface area contributed by atoms with Crippen molar-refractivity contribution < 1.29 is 13.5 Å². The average molecular weight is 285 g/mol. The third kappa shape index (κ3) is 4.03. The first kappa shape index (κ1) is 16.1. The van der Waals surface area contributed by atoms with Crippen molar-refractivity contribution in [2.24, 2.45) is 0 Å². The molecule has 0 saturated heterocycles. The molecule has 19 heavy (non-hydrogen) atoms. The van der Waals surface area contributed by atoms with Gasteiger partial charge < -0.3 is 5.11 Å². The van der Waals surface area contributed by atoms with Crippen LogP contribution in [0.15, 0.2) is 23.1 Å². The fraction of sp³-hybridized carbons (Fsp3) is 0.571. The van der Waals surface area contributed by atoms with E-state index in [2.05, 4.69) is 4.72 Å². The van der Waals surface area contributed by atoms with Crippen molar-refractivity contribution in [2.45, 2.75) is 51.0 Å². The van der Waals surface area contributed by atoms with Crippen LogP contribution in [-0.4, -0.2) is 25.7 Å². The predicted octanol–water partition coefficient (Wildman–Crippen LogP) is 2.13. The minimum atomic E-state index is -3.57. The Kier molecular flexibility index (Phi) is 5.12. The summed E-state index contributed by atoms with van der Waals surface area (Å²) in [4.78, 5) is 0.310. The molecule has 0 saturated carbocycles. The summed E-state index contributed by atoms with van der Waals surface area (Å²) >= 11 is 0. The van der Waals surface area contributed by atoms with Crippen LogP contribution in [0.5, 0.6) is 0 Å². The largest absolute Gasteiger partial charge is 0.396 e. The molecular formula is C14H23NO3S. The van der Waals surface area contributed by atoms with Gasteiger partial charge in [0.2, 0.25) is 10.0 Å². The van der Waals surface area contributed by atoms with E-state index in [9.17, 15) is 8.42 Å². The molecule has 1 aromatic carbocycles. The molecule has 0 aliphatic carbocycles. The van der Waals surface area contributed by atoms with E-state index in [-0.39, 0.29) is 6.61 Å². The van der Waals surface area contributed by atoms with E-state index in [1.807, 2.05) is 26.8 Å². The lowest BCUT2D eigenvalue weighted by atomic mass is 9.97. The first-order valence-corrected chi connectivity index (χ1v) is 7.94. The van der Waals surface area contributed by atoms with Crippen LogP contribution in [-0.2, 0) is 10.0 Å². The highest BCUT2D eigenvalue weighted by Gasteiger charge is 2.29. The number of hydrogen-bond acceptors (Lipinski definition) is 3. The average Bonchev–Trinajstić information content (AvgIpc) is 2.31. The lowest BCUT2D eigenvalue weighted by Crippen LogP contribution is -2.46. The SMILES string of the molecule is CCC(C)(CCO)NS(=O)(=O)c1cc(C)ccc1C. The van der Waals surface area contributed by atoms with E-state index < -0.39 is 15.6 Å². The van der Waals surface area contributed by atoms with Crippen molar-refractivity contribution in [3.63, 3.8) is 0 Å². The molecule has 1 rings (SSSR count). The summed E-state index contributed by atoms with van der Waals surface area (Å²) < 4.78 is 27.6. The molecule has 0 fully saturated rings. The summed E-state index contributed by atoms with van der Waals surface area (Å²) in [5.41, 5.74) is 1.01. The highest BCUT2D eigenvalue weighted by Crippen LogP contribution is 2.22. The Balaban J connectivity index is 3.14. The molecule has 1 aromatic rings. The number of benzene rings is 1. The summed E-state index contributed by atoms with van der Waals surface area (Å²) in [5, 5.41) is 9.06. The van der Waals surface area contributed by atoms with Crippen LogP contribution in [0.3, 0.4) is 0 Å². The van der Waals surface area contributed by atoms with Gasteiger partial charge in [-0.3, -0.25) is 0 Å². The first-order chi connectivity index (χ1) is 8.74. The van der Waals surface area contributed by atoms with Gasteiger partial charge in [0.1, 0.15) is 0 Å². The van der Waals surface area contributed by atoms with E-state index in [0.29, 0.717) is 17.7 Å². The standard InChI is InChI=1S/C14H23NO3S/c1-5-14(4,8-9-16)15-19(17,18)13-10-11(2)6-7-12(13)3/h6-7,10,15-16H,5,8-9H2,1-4H3. The number of sulfonamides is 1. The Bertz CT molecular complexity index is 540. The number of aryl methyl sites for hydroxylation is 2. The van der Waals surface area contributed by atoms with E-state index in [0.717, 1.165) is 11.1 Å². The molecule has 0 heterocycles. The van der Waals surface area contributed by atoms with Gasteiger partial charge in [-0.15, -0.1) is 0 Å². The van der Waals surface area contributed by atoms with Crippen molar-refractivity contribution in [1.82, 2.24) is 4.72 Å². The van der Waals surface area contributed by atoms with Crippen LogP contribution in [0.1, 0.15) is 37.8 Å². The van der Waals surface area contributed by atoms with Gasteiger partial charge in [-0.25, -0.2) is 13.1 Å². The number of rotatable bonds is 6. The molecule has 0 bridgehead atoms. The van der Waals surface area contributed by atoms with Gasteiger partial charge >= 0.3 is 0 Å². The second-order valence-electron chi connectivity index (χ2n) is 5.26. The lowest BCUT2D eigenvalue weighted by Gasteiger charge is -2.29. The maximum Gasteiger partial charge on any atom is 0.241 e. The van der Waals surface area contributed by atoms with Gasteiger partial charge in [0.25, 0.3) is 0 Å². The number of nitrogens with one attached hydrogen (secondary N) is 1. The fourth-order valence-electron chi connectivity index (χ4n) is 1.92. The number of aliphatic hydroxyl groups excluding tert-OH is 1. The zero-order chi connectivity index (χ0) is 14.7. The fourth-order valence-corrected chi connectivity index (χ4v) is 3.76. The Hall–Kier alpha value is -0.910. The Morgan fingerprint density at radius 2 is 1.95 bits per heavy atom. The maximum absolute atomic E-state index is 12.5. The summed E-state index contributed by atoms with van der Waals surface area (Å²) in [6.07, 6.45) is 1.02. The van der Waals surface area contributed by atoms with E-state index in [1.54, 1.807) is 19.1 Å². The van der Waals surface area contributed by atoms with E-state index >= 15 is 0 Å². The third-order valence-corrected chi connectivity index (χ3v) is 5.24. The maximum atomic E-state index is 12.5. The molecule has 0 amide bonds. The van der Waals surface area contributed by atoms with Crippen LogP contribution in [0.25, 0.3) is 0 Å². The summed E-state index contributed by atoms with van der Waals surface area (Å²) in [7, 11) is -3.57. The molecular weight excluding hydrogens is 262 g/mol.